The molecule has 3 aliphatic heterocycles. The van der Waals surface area contributed by atoms with Gasteiger partial charge in [-0.25, -0.2) is 4.79 Å². The van der Waals surface area contributed by atoms with Crippen molar-refractivity contribution in [2.24, 2.45) is 5.92 Å². The fourth-order valence-electron chi connectivity index (χ4n) is 8.71. The maximum Gasteiger partial charge on any atom is 0.328 e. The Labute approximate surface area is 337 Å². The quantitative estimate of drug-likeness (QED) is 0.194. The molecule has 2 aromatic heterocycles. The topological polar surface area (TPSA) is 149 Å². The Kier molecular flexibility index (Phi) is 12.3. The summed E-state index contributed by atoms with van der Waals surface area (Å²) < 4.78 is 8.47. The number of piperidine rings is 2. The molecule has 8 rings (SSSR count). The molecule has 4 aliphatic rings. The van der Waals surface area contributed by atoms with Crippen LogP contribution >= 0.6 is 24.0 Å². The lowest BCUT2D eigenvalue weighted by Gasteiger charge is -2.39. The van der Waals surface area contributed by atoms with Gasteiger partial charge in [0.2, 0.25) is 5.91 Å². The zero-order valence-corrected chi connectivity index (χ0v) is 32.8. The summed E-state index contributed by atoms with van der Waals surface area (Å²) in [5.41, 5.74) is 2.71. The summed E-state index contributed by atoms with van der Waals surface area (Å²) in [6.07, 6.45) is 10.1. The minimum Gasteiger partial charge on any atom is -0.490 e. The lowest BCUT2D eigenvalue weighted by atomic mass is 9.92. The van der Waals surface area contributed by atoms with Crippen molar-refractivity contribution < 1.29 is 19.1 Å². The third-order valence-electron chi connectivity index (χ3n) is 11.7. The van der Waals surface area contributed by atoms with E-state index in [0.29, 0.717) is 47.0 Å². The fraction of sp³-hybridized carbons (Fsp3) is 0.463. The van der Waals surface area contributed by atoms with Crippen LogP contribution in [-0.4, -0.2) is 88.9 Å². The minimum atomic E-state index is -0.357. The summed E-state index contributed by atoms with van der Waals surface area (Å²) in [4.78, 5) is 43.9. The van der Waals surface area contributed by atoms with Gasteiger partial charge in [-0.3, -0.25) is 19.8 Å². The molecule has 0 radical (unpaired) electrons. The van der Waals surface area contributed by atoms with Gasteiger partial charge in [0.25, 0.3) is 5.91 Å². The molecule has 2 aromatic carbocycles. The molecule has 5 heterocycles. The number of hydrogen-bond donors (Lipinski definition) is 2. The summed E-state index contributed by atoms with van der Waals surface area (Å²) in [5, 5.41) is 24.8. The van der Waals surface area contributed by atoms with Gasteiger partial charge < -0.3 is 24.4 Å². The van der Waals surface area contributed by atoms with E-state index in [4.69, 9.17) is 21.6 Å². The van der Waals surface area contributed by atoms with Gasteiger partial charge in [-0.1, -0.05) is 17.7 Å². The SMILES string of the molecule is Cl.N#Cc1ccc(OC2CCC(NC(=O)c3ccc(N4CCC(CN5CCCC(n6ccc7c(N8CCC(=O)NC8=O)cccc76)C5)CC4)nn3)CC2)cc1Cl. The second kappa shape index (κ2) is 17.5. The van der Waals surface area contributed by atoms with Crippen LogP contribution in [0.5, 0.6) is 5.75 Å². The van der Waals surface area contributed by atoms with Crippen LogP contribution in [0.1, 0.15) is 79.9 Å². The summed E-state index contributed by atoms with van der Waals surface area (Å²) in [5.74, 6) is 1.62. The fourth-order valence-corrected chi connectivity index (χ4v) is 8.92. The summed E-state index contributed by atoms with van der Waals surface area (Å²) >= 11 is 6.15. The molecule has 1 atom stereocenters. The van der Waals surface area contributed by atoms with E-state index in [1.807, 2.05) is 18.2 Å². The number of aromatic nitrogens is 3. The minimum absolute atomic E-state index is 0. The predicted octanol–water partition coefficient (Wildman–Crippen LogP) is 6.50. The Morgan fingerprint density at radius 1 is 0.964 bits per heavy atom. The molecule has 2 N–H and O–H groups in total. The number of anilines is 2. The molecule has 13 nitrogen and oxygen atoms in total. The smallest absolute Gasteiger partial charge is 0.328 e. The van der Waals surface area contributed by atoms with Gasteiger partial charge in [-0.15, -0.1) is 22.6 Å². The number of imide groups is 1. The number of nitriles is 1. The van der Waals surface area contributed by atoms with Crippen LogP contribution in [0.4, 0.5) is 16.3 Å². The van der Waals surface area contributed by atoms with Crippen molar-refractivity contribution in [3.05, 3.63) is 77.1 Å². The molecule has 0 bridgehead atoms. The number of likely N-dealkylation sites (tertiary alicyclic amines) is 1. The monoisotopic (exact) mass is 799 g/mol. The highest BCUT2D eigenvalue weighted by Gasteiger charge is 2.30. The number of nitrogens with zero attached hydrogens (tertiary/aromatic N) is 7. The molecule has 56 heavy (non-hydrogen) atoms. The first-order valence-electron chi connectivity index (χ1n) is 19.5. The number of halogens is 2. The lowest BCUT2D eigenvalue weighted by Crippen LogP contribution is -2.49. The average molecular weight is 801 g/mol. The number of rotatable bonds is 9. The molecule has 1 aliphatic carbocycles. The largest absolute Gasteiger partial charge is 0.490 e. The van der Waals surface area contributed by atoms with E-state index in [9.17, 15) is 14.4 Å². The van der Waals surface area contributed by atoms with E-state index in [-0.39, 0.29) is 42.4 Å². The highest BCUT2D eigenvalue weighted by molar-refractivity contribution is 6.31. The van der Waals surface area contributed by atoms with Gasteiger partial charge in [0.05, 0.1) is 27.9 Å². The van der Waals surface area contributed by atoms with Gasteiger partial charge >= 0.3 is 6.03 Å². The number of ether oxygens (including phenoxy) is 1. The number of urea groups is 1. The molecule has 4 fully saturated rings. The molecule has 4 aromatic rings. The van der Waals surface area contributed by atoms with E-state index in [2.05, 4.69) is 59.6 Å². The summed E-state index contributed by atoms with van der Waals surface area (Å²) in [7, 11) is 0. The van der Waals surface area contributed by atoms with Crippen LogP contribution in [0.15, 0.2) is 60.8 Å². The highest BCUT2D eigenvalue weighted by atomic mass is 35.5. The Bertz CT molecular complexity index is 2090. The third kappa shape index (κ3) is 8.73. The maximum atomic E-state index is 13.0. The molecule has 3 saturated heterocycles. The van der Waals surface area contributed by atoms with Gasteiger partial charge in [0, 0.05) is 68.9 Å². The van der Waals surface area contributed by atoms with Crippen LogP contribution in [0.2, 0.25) is 5.02 Å². The number of nitrogens with one attached hydrogen (secondary N) is 2. The Morgan fingerprint density at radius 3 is 2.52 bits per heavy atom. The Morgan fingerprint density at radius 2 is 1.79 bits per heavy atom. The van der Waals surface area contributed by atoms with Gasteiger partial charge in [-0.2, -0.15) is 5.26 Å². The lowest BCUT2D eigenvalue weighted by molar-refractivity contribution is -0.120. The molecular weight excluding hydrogens is 753 g/mol. The predicted molar refractivity (Wildman–Crippen MR) is 217 cm³/mol. The molecule has 4 amide bonds. The normalized spacial score (nSPS) is 22.2. The third-order valence-corrected chi connectivity index (χ3v) is 12.0. The van der Waals surface area contributed by atoms with Crippen LogP contribution in [0.3, 0.4) is 0 Å². The van der Waals surface area contributed by atoms with Crippen molar-refractivity contribution in [1.29, 1.82) is 5.26 Å². The zero-order valence-electron chi connectivity index (χ0n) is 31.2. The van der Waals surface area contributed by atoms with E-state index in [0.717, 1.165) is 106 Å². The second-order valence-corrected chi connectivity index (χ2v) is 15.7. The number of benzene rings is 2. The van der Waals surface area contributed by atoms with Gasteiger partial charge in [-0.05, 0) is 106 Å². The van der Waals surface area contributed by atoms with Crippen molar-refractivity contribution in [2.75, 3.05) is 49.1 Å². The standard InChI is InChI=1S/C41H46ClN9O4.ClH/c42-34-23-32(9-6-28(34)24-43)55-31-10-7-29(8-11-31)44-40(53)35-12-13-38(47-46-35)49-19-14-27(15-20-49)25-48-18-2-3-30(26-48)50-21-16-33-36(50)4-1-5-37(33)51-22-17-39(52)45-41(51)54;/h1,4-6,9,12-13,16,21,23,27,29-31H,2-3,7-8,10-11,14-15,17-20,22,25-26H2,(H,44,53)(H,45,52,54);1H. The van der Waals surface area contributed by atoms with E-state index < -0.39 is 0 Å². The number of carbonyl (C=O) groups is 3. The molecule has 294 valence electrons. The van der Waals surface area contributed by atoms with Crippen LogP contribution in [-0.2, 0) is 4.79 Å². The van der Waals surface area contributed by atoms with Crippen molar-refractivity contribution in [3.63, 3.8) is 0 Å². The van der Waals surface area contributed by atoms with Crippen molar-refractivity contribution in [1.82, 2.24) is 30.3 Å². The summed E-state index contributed by atoms with van der Waals surface area (Å²) in [6, 6.07) is 19.1. The number of carbonyl (C=O) groups excluding carboxylic acids is 3. The molecular formula is C41H47Cl2N9O4. The van der Waals surface area contributed by atoms with Crippen LogP contribution < -0.4 is 25.2 Å². The number of fused-ring (bicyclic) bond motifs is 1. The van der Waals surface area contributed by atoms with E-state index in [1.165, 1.54) is 0 Å². The zero-order chi connectivity index (χ0) is 37.9. The van der Waals surface area contributed by atoms with Crippen LogP contribution in [0.25, 0.3) is 10.9 Å². The number of hydrogen-bond acceptors (Lipinski definition) is 9. The van der Waals surface area contributed by atoms with Crippen molar-refractivity contribution in [2.45, 2.75) is 76.0 Å². The van der Waals surface area contributed by atoms with E-state index in [1.54, 1.807) is 29.2 Å². The van der Waals surface area contributed by atoms with Gasteiger partial charge in [0.1, 0.15) is 11.8 Å². The first kappa shape index (κ1) is 39.3. The number of amides is 4. The van der Waals surface area contributed by atoms with E-state index >= 15 is 0 Å². The van der Waals surface area contributed by atoms with Crippen molar-refractivity contribution in [3.8, 4) is 11.8 Å². The average Bonchev–Trinajstić information content (AvgIpc) is 3.64. The Hall–Kier alpha value is -4.90. The first-order chi connectivity index (χ1) is 26.8. The highest BCUT2D eigenvalue weighted by Crippen LogP contribution is 2.34. The maximum absolute atomic E-state index is 13.0. The van der Waals surface area contributed by atoms with Gasteiger partial charge in [0.15, 0.2) is 11.5 Å². The molecule has 15 heteroatoms. The molecule has 1 unspecified atom stereocenters. The van der Waals surface area contributed by atoms with Crippen LogP contribution in [0, 0.1) is 17.2 Å². The second-order valence-electron chi connectivity index (χ2n) is 15.3. The van der Waals surface area contributed by atoms with Crippen molar-refractivity contribution >= 4 is 64.3 Å². The summed E-state index contributed by atoms with van der Waals surface area (Å²) in [6.45, 7) is 5.36. The molecule has 0 spiro atoms. The molecule has 1 saturated carbocycles. The first-order valence-corrected chi connectivity index (χ1v) is 19.9. The Balaban J connectivity index is 0.00000480.